The molecule has 11 heteroatoms. The summed E-state index contributed by atoms with van der Waals surface area (Å²) in [5, 5.41) is 11.6. The number of benzene rings is 1. The Morgan fingerprint density at radius 2 is 1.47 bits per heavy atom. The van der Waals surface area contributed by atoms with Crippen LogP contribution in [0.15, 0.2) is 24.3 Å². The first-order valence-corrected chi connectivity index (χ1v) is 12.7. The van der Waals surface area contributed by atoms with E-state index in [2.05, 4.69) is 0 Å². The van der Waals surface area contributed by atoms with Gasteiger partial charge < -0.3 is 33.5 Å². The molecule has 1 aromatic rings. The molecule has 0 saturated carbocycles. The van der Waals surface area contributed by atoms with Gasteiger partial charge in [0.15, 0.2) is 18.3 Å². The summed E-state index contributed by atoms with van der Waals surface area (Å²) in [4.78, 5) is 47.2. The summed E-state index contributed by atoms with van der Waals surface area (Å²) >= 11 is 0. The third kappa shape index (κ3) is 9.60. The molecule has 2 rings (SSSR count). The molecule has 5 atom stereocenters. The van der Waals surface area contributed by atoms with Gasteiger partial charge in [0.05, 0.1) is 6.61 Å². The zero-order chi connectivity index (χ0) is 28.3. The van der Waals surface area contributed by atoms with Gasteiger partial charge in [-0.15, -0.1) is 0 Å². The third-order valence-corrected chi connectivity index (χ3v) is 5.78. The summed E-state index contributed by atoms with van der Waals surface area (Å²) in [5.41, 5.74) is 1.07. The Morgan fingerprint density at radius 3 is 2.03 bits per heavy atom. The van der Waals surface area contributed by atoms with E-state index in [1.807, 2.05) is 31.2 Å². The van der Waals surface area contributed by atoms with Gasteiger partial charge in [0.25, 0.3) is 0 Å². The molecule has 1 aromatic carbocycles. The quantitative estimate of drug-likeness (QED) is 0.225. The van der Waals surface area contributed by atoms with E-state index in [0.29, 0.717) is 25.9 Å². The molecule has 0 bridgehead atoms. The number of hydrogen-bond donors (Lipinski definition) is 1. The first kappa shape index (κ1) is 31.0. The predicted molar refractivity (Wildman–Crippen MR) is 133 cm³/mol. The fourth-order valence-electron chi connectivity index (χ4n) is 4.24. The van der Waals surface area contributed by atoms with E-state index in [1.165, 1.54) is 6.92 Å². The van der Waals surface area contributed by atoms with Crippen LogP contribution in [0.5, 0.6) is 5.75 Å². The third-order valence-electron chi connectivity index (χ3n) is 5.78. The van der Waals surface area contributed by atoms with Crippen molar-refractivity contribution in [2.24, 2.45) is 0 Å². The van der Waals surface area contributed by atoms with Gasteiger partial charge in [0.1, 0.15) is 18.5 Å². The minimum absolute atomic E-state index is 0.0101. The van der Waals surface area contributed by atoms with Crippen molar-refractivity contribution in [1.29, 1.82) is 0 Å². The maximum atomic E-state index is 11.9. The second-order valence-corrected chi connectivity index (χ2v) is 9.18. The predicted octanol–water partition coefficient (Wildman–Crippen LogP) is 2.63. The number of carbonyl (C=O) groups is 4. The van der Waals surface area contributed by atoms with Crippen molar-refractivity contribution in [3.05, 3.63) is 29.8 Å². The second kappa shape index (κ2) is 14.7. The highest BCUT2D eigenvalue weighted by Gasteiger charge is 2.59. The largest absolute Gasteiger partial charge is 0.494 e. The molecular weight excluding hydrogens is 500 g/mol. The number of carbonyl (C=O) groups excluding carboxylic acids is 4. The highest BCUT2D eigenvalue weighted by atomic mass is 16.7. The van der Waals surface area contributed by atoms with Crippen LogP contribution >= 0.6 is 0 Å². The van der Waals surface area contributed by atoms with Gasteiger partial charge in [0.2, 0.25) is 5.79 Å². The maximum Gasteiger partial charge on any atom is 0.303 e. The molecule has 0 aromatic heterocycles. The molecule has 0 unspecified atom stereocenters. The Labute approximate surface area is 222 Å². The molecule has 0 spiro atoms. The number of ether oxygens (including phenoxy) is 6. The van der Waals surface area contributed by atoms with Crippen molar-refractivity contribution in [1.82, 2.24) is 0 Å². The lowest BCUT2D eigenvalue weighted by Gasteiger charge is -2.48. The lowest BCUT2D eigenvalue weighted by molar-refractivity contribution is -0.354. The Balaban J connectivity index is 2.22. The number of aliphatic hydroxyl groups is 1. The van der Waals surface area contributed by atoms with Crippen LogP contribution in [-0.2, 0) is 49.3 Å². The minimum Gasteiger partial charge on any atom is -0.494 e. The summed E-state index contributed by atoms with van der Waals surface area (Å²) in [5.74, 6) is -4.21. The smallest absolute Gasteiger partial charge is 0.303 e. The normalized spacial score (nSPS) is 24.7. The molecule has 0 radical (unpaired) electrons. The van der Waals surface area contributed by atoms with Crippen molar-refractivity contribution in [3.8, 4) is 5.75 Å². The van der Waals surface area contributed by atoms with Gasteiger partial charge in [-0.25, -0.2) is 0 Å². The second-order valence-electron chi connectivity index (χ2n) is 9.18. The van der Waals surface area contributed by atoms with Gasteiger partial charge >= 0.3 is 23.9 Å². The molecule has 0 amide bonds. The minimum atomic E-state index is -2.12. The molecule has 11 nitrogen and oxygen atoms in total. The van der Waals surface area contributed by atoms with Crippen LogP contribution in [0.4, 0.5) is 0 Å². The SMILES string of the molecule is CCCOc1ccc(CCCC[C@@]2(O)O[C@H](COC(C)=O)[C@@H](OC(C)=O)[C@H](OC(C)=O)[C@H]2OC(C)=O)cc1. The first-order chi connectivity index (χ1) is 17.9. The van der Waals surface area contributed by atoms with Crippen LogP contribution in [0.25, 0.3) is 0 Å². The van der Waals surface area contributed by atoms with E-state index in [-0.39, 0.29) is 6.42 Å². The van der Waals surface area contributed by atoms with Crippen LogP contribution in [0.3, 0.4) is 0 Å². The average molecular weight is 539 g/mol. The molecule has 1 N–H and O–H groups in total. The zero-order valence-corrected chi connectivity index (χ0v) is 22.6. The zero-order valence-electron chi connectivity index (χ0n) is 22.6. The summed E-state index contributed by atoms with van der Waals surface area (Å²) in [7, 11) is 0. The van der Waals surface area contributed by atoms with Crippen LogP contribution in [-0.4, -0.2) is 72.4 Å². The standard InChI is InChI=1S/C27H38O11/c1-6-15-33-22-12-10-21(11-13-22)9-7-8-14-27(32)26(37-20(5)31)25(36-19(4)30)24(35-18(3)29)23(38-27)16-34-17(2)28/h10-13,23-26,32H,6-9,14-16H2,1-5H3/t23-,24-,25+,26-,27-/m1/s1. The number of aryl methyl sites for hydroxylation is 1. The van der Waals surface area contributed by atoms with Gasteiger partial charge in [-0.2, -0.15) is 0 Å². The summed E-state index contributed by atoms with van der Waals surface area (Å²) in [6.45, 7) is 6.86. The summed E-state index contributed by atoms with van der Waals surface area (Å²) < 4.78 is 32.6. The molecular formula is C27H38O11. The van der Waals surface area contributed by atoms with Crippen molar-refractivity contribution < 1.29 is 52.7 Å². The first-order valence-electron chi connectivity index (χ1n) is 12.7. The molecule has 212 valence electrons. The number of hydrogen-bond acceptors (Lipinski definition) is 11. The van der Waals surface area contributed by atoms with Gasteiger partial charge in [0, 0.05) is 34.1 Å². The van der Waals surface area contributed by atoms with Crippen LogP contribution in [0, 0.1) is 0 Å². The fourth-order valence-corrected chi connectivity index (χ4v) is 4.24. The van der Waals surface area contributed by atoms with E-state index in [4.69, 9.17) is 28.4 Å². The van der Waals surface area contributed by atoms with E-state index in [9.17, 15) is 24.3 Å². The summed E-state index contributed by atoms with van der Waals surface area (Å²) in [6.07, 6.45) is -2.72. The lowest BCUT2D eigenvalue weighted by Crippen LogP contribution is -2.68. The molecule has 1 fully saturated rings. The van der Waals surface area contributed by atoms with E-state index in [0.717, 1.165) is 38.5 Å². The average Bonchev–Trinajstić information content (AvgIpc) is 2.83. The highest BCUT2D eigenvalue weighted by Crippen LogP contribution is 2.37. The highest BCUT2D eigenvalue weighted by molar-refractivity contribution is 5.68. The van der Waals surface area contributed by atoms with Crippen molar-refractivity contribution in [2.75, 3.05) is 13.2 Å². The molecule has 1 saturated heterocycles. The Kier molecular flexibility index (Phi) is 12.0. The molecule has 1 heterocycles. The van der Waals surface area contributed by atoms with Crippen molar-refractivity contribution in [3.63, 3.8) is 0 Å². The molecule has 1 aliphatic rings. The molecule has 0 aliphatic carbocycles. The van der Waals surface area contributed by atoms with Gasteiger partial charge in [-0.1, -0.05) is 19.1 Å². The van der Waals surface area contributed by atoms with E-state index >= 15 is 0 Å². The molecule has 1 aliphatic heterocycles. The Bertz CT molecular complexity index is 945. The topological polar surface area (TPSA) is 144 Å². The number of unbranched alkanes of at least 4 members (excludes halogenated alkanes) is 1. The Hall–Kier alpha value is -3.18. The van der Waals surface area contributed by atoms with Crippen LogP contribution < -0.4 is 4.74 Å². The Morgan fingerprint density at radius 1 is 0.868 bits per heavy atom. The van der Waals surface area contributed by atoms with Crippen molar-refractivity contribution in [2.45, 2.75) is 96.9 Å². The van der Waals surface area contributed by atoms with Crippen LogP contribution in [0.2, 0.25) is 0 Å². The monoisotopic (exact) mass is 538 g/mol. The van der Waals surface area contributed by atoms with E-state index < -0.39 is 60.7 Å². The fraction of sp³-hybridized carbons (Fsp3) is 0.630. The van der Waals surface area contributed by atoms with E-state index in [1.54, 1.807) is 0 Å². The van der Waals surface area contributed by atoms with Crippen molar-refractivity contribution >= 4 is 23.9 Å². The van der Waals surface area contributed by atoms with Gasteiger partial charge in [-0.05, 0) is 43.4 Å². The molecule has 38 heavy (non-hydrogen) atoms. The lowest BCUT2D eigenvalue weighted by atomic mass is 9.88. The van der Waals surface area contributed by atoms with Gasteiger partial charge in [-0.3, -0.25) is 19.2 Å². The number of esters is 4. The van der Waals surface area contributed by atoms with Crippen LogP contribution in [0.1, 0.15) is 65.9 Å². The number of rotatable bonds is 13. The maximum absolute atomic E-state index is 11.9. The summed E-state index contributed by atoms with van der Waals surface area (Å²) in [6, 6.07) is 7.73.